The lowest BCUT2D eigenvalue weighted by molar-refractivity contribution is 1.02. The summed E-state index contributed by atoms with van der Waals surface area (Å²) in [6.45, 7) is 2.19. The van der Waals surface area contributed by atoms with Crippen LogP contribution in [0.5, 0.6) is 0 Å². The molecule has 0 fully saturated rings. The SMILES string of the molecule is Cc1ccc2c3c(ccc(Br)c13)CC2. The molecular weight excluding hydrogens is 236 g/mol. The summed E-state index contributed by atoms with van der Waals surface area (Å²) >= 11 is 3.64. The Kier molecular flexibility index (Phi) is 1.72. The number of hydrogen-bond acceptors (Lipinski definition) is 0. The van der Waals surface area contributed by atoms with E-state index in [9.17, 15) is 0 Å². The first kappa shape index (κ1) is 8.49. The maximum atomic E-state index is 3.64. The van der Waals surface area contributed by atoms with Crippen molar-refractivity contribution in [2.75, 3.05) is 0 Å². The maximum absolute atomic E-state index is 3.64. The minimum Gasteiger partial charge on any atom is -0.0584 e. The van der Waals surface area contributed by atoms with E-state index in [0.29, 0.717) is 0 Å². The van der Waals surface area contributed by atoms with Gasteiger partial charge in [-0.25, -0.2) is 0 Å². The largest absolute Gasteiger partial charge is 0.0584 e. The van der Waals surface area contributed by atoms with Gasteiger partial charge in [-0.15, -0.1) is 0 Å². The molecule has 0 nitrogen and oxygen atoms in total. The number of hydrogen-bond donors (Lipinski definition) is 0. The van der Waals surface area contributed by atoms with Crippen molar-refractivity contribution in [1.29, 1.82) is 0 Å². The predicted octanol–water partition coefficient (Wildman–Crippen LogP) is 4.01. The molecule has 0 spiro atoms. The van der Waals surface area contributed by atoms with Crippen molar-refractivity contribution in [3.8, 4) is 0 Å². The Balaban J connectivity index is 2.60. The first-order valence-electron chi connectivity index (χ1n) is 4.97. The molecule has 70 valence electrons. The standard InChI is InChI=1S/C13H11Br/c1-8-2-3-9-4-5-10-6-7-11(14)12(8)13(9)10/h2-3,6-7H,4-5H2,1H3. The fraction of sp³-hybridized carbons (Fsp3) is 0.231. The van der Waals surface area contributed by atoms with E-state index in [0.717, 1.165) is 0 Å². The molecule has 0 N–H and O–H groups in total. The van der Waals surface area contributed by atoms with Crippen LogP contribution >= 0.6 is 15.9 Å². The summed E-state index contributed by atoms with van der Waals surface area (Å²) in [5.74, 6) is 0. The first-order valence-corrected chi connectivity index (χ1v) is 5.76. The zero-order valence-electron chi connectivity index (χ0n) is 8.10. The zero-order chi connectivity index (χ0) is 9.71. The lowest BCUT2D eigenvalue weighted by Crippen LogP contribution is -1.84. The first-order chi connectivity index (χ1) is 6.77. The van der Waals surface area contributed by atoms with Crippen LogP contribution in [0.4, 0.5) is 0 Å². The van der Waals surface area contributed by atoms with E-state index >= 15 is 0 Å². The van der Waals surface area contributed by atoms with Crippen LogP contribution in [0.15, 0.2) is 28.7 Å². The van der Waals surface area contributed by atoms with E-state index in [4.69, 9.17) is 0 Å². The van der Waals surface area contributed by atoms with Gasteiger partial charge in [0.05, 0.1) is 0 Å². The molecule has 2 aromatic rings. The van der Waals surface area contributed by atoms with Crippen molar-refractivity contribution in [2.45, 2.75) is 19.8 Å². The molecule has 0 bridgehead atoms. The molecule has 3 rings (SSSR count). The molecule has 1 aliphatic rings. The van der Waals surface area contributed by atoms with Crippen LogP contribution in [0.1, 0.15) is 16.7 Å². The van der Waals surface area contributed by atoms with Gasteiger partial charge in [0.2, 0.25) is 0 Å². The van der Waals surface area contributed by atoms with Crippen molar-refractivity contribution < 1.29 is 0 Å². The van der Waals surface area contributed by atoms with Gasteiger partial charge in [-0.1, -0.05) is 34.1 Å². The molecule has 0 unspecified atom stereocenters. The van der Waals surface area contributed by atoms with E-state index in [1.807, 2.05) is 0 Å². The van der Waals surface area contributed by atoms with Gasteiger partial charge in [-0.2, -0.15) is 0 Å². The summed E-state index contributed by atoms with van der Waals surface area (Å²) in [5, 5.41) is 2.91. The van der Waals surface area contributed by atoms with Gasteiger partial charge < -0.3 is 0 Å². The average molecular weight is 247 g/mol. The molecule has 14 heavy (non-hydrogen) atoms. The lowest BCUT2D eigenvalue weighted by Gasteiger charge is -2.07. The van der Waals surface area contributed by atoms with Crippen LogP contribution < -0.4 is 0 Å². The van der Waals surface area contributed by atoms with Crippen LogP contribution in [0.3, 0.4) is 0 Å². The van der Waals surface area contributed by atoms with E-state index < -0.39 is 0 Å². The highest BCUT2D eigenvalue weighted by Gasteiger charge is 2.16. The number of rotatable bonds is 0. The fourth-order valence-corrected chi connectivity index (χ4v) is 3.09. The van der Waals surface area contributed by atoms with Crippen molar-refractivity contribution in [3.05, 3.63) is 45.4 Å². The number of benzene rings is 2. The Labute approximate surface area is 92.1 Å². The van der Waals surface area contributed by atoms with Gasteiger partial charge >= 0.3 is 0 Å². The molecular formula is C13H11Br. The zero-order valence-corrected chi connectivity index (χ0v) is 9.69. The van der Waals surface area contributed by atoms with Crippen molar-refractivity contribution in [1.82, 2.24) is 0 Å². The quantitative estimate of drug-likeness (QED) is 0.659. The van der Waals surface area contributed by atoms with Crippen molar-refractivity contribution in [2.24, 2.45) is 0 Å². The molecule has 0 radical (unpaired) electrons. The highest BCUT2D eigenvalue weighted by molar-refractivity contribution is 9.10. The van der Waals surface area contributed by atoms with Crippen LogP contribution in [-0.2, 0) is 12.8 Å². The molecule has 0 aliphatic heterocycles. The Morgan fingerprint density at radius 1 is 0.929 bits per heavy atom. The van der Waals surface area contributed by atoms with Gasteiger partial charge in [0, 0.05) is 4.47 Å². The third kappa shape index (κ3) is 0.992. The number of aryl methyl sites for hydroxylation is 3. The Hall–Kier alpha value is -0.820. The van der Waals surface area contributed by atoms with Gasteiger partial charge in [-0.05, 0) is 53.3 Å². The van der Waals surface area contributed by atoms with Crippen LogP contribution in [0.2, 0.25) is 0 Å². The second-order valence-corrected chi connectivity index (χ2v) is 4.85. The molecule has 0 aromatic heterocycles. The van der Waals surface area contributed by atoms with Gasteiger partial charge in [-0.3, -0.25) is 0 Å². The smallest absolute Gasteiger partial charge is 0.0256 e. The minimum atomic E-state index is 1.21. The second kappa shape index (κ2) is 2.83. The summed E-state index contributed by atoms with van der Waals surface area (Å²) in [4.78, 5) is 0. The average Bonchev–Trinajstić information content (AvgIpc) is 2.58. The molecule has 1 heteroatoms. The summed E-state index contributed by atoms with van der Waals surface area (Å²) in [6.07, 6.45) is 2.42. The second-order valence-electron chi connectivity index (χ2n) is 4.00. The van der Waals surface area contributed by atoms with E-state index in [1.165, 1.54) is 44.8 Å². The Bertz CT molecular complexity index is 481. The molecule has 2 aromatic carbocycles. The Morgan fingerprint density at radius 3 is 2.29 bits per heavy atom. The van der Waals surface area contributed by atoms with E-state index in [2.05, 4.69) is 47.1 Å². The van der Waals surface area contributed by atoms with E-state index in [1.54, 1.807) is 0 Å². The third-order valence-electron chi connectivity index (χ3n) is 3.15. The summed E-state index contributed by atoms with van der Waals surface area (Å²) in [5.41, 5.74) is 4.41. The van der Waals surface area contributed by atoms with Crippen molar-refractivity contribution >= 4 is 26.7 Å². The molecule has 0 saturated heterocycles. The van der Waals surface area contributed by atoms with Crippen LogP contribution in [0, 0.1) is 6.92 Å². The number of halogens is 1. The normalized spacial score (nSPS) is 13.9. The minimum absolute atomic E-state index is 1.21. The summed E-state index contributed by atoms with van der Waals surface area (Å²) in [7, 11) is 0. The molecule has 0 amide bonds. The third-order valence-corrected chi connectivity index (χ3v) is 3.82. The van der Waals surface area contributed by atoms with E-state index in [-0.39, 0.29) is 0 Å². The molecule has 0 heterocycles. The maximum Gasteiger partial charge on any atom is 0.0256 e. The monoisotopic (exact) mass is 246 g/mol. The summed E-state index contributed by atoms with van der Waals surface area (Å²) in [6, 6.07) is 8.94. The summed E-state index contributed by atoms with van der Waals surface area (Å²) < 4.78 is 1.23. The lowest BCUT2D eigenvalue weighted by atomic mass is 10.0. The molecule has 1 aliphatic carbocycles. The van der Waals surface area contributed by atoms with Crippen molar-refractivity contribution in [3.63, 3.8) is 0 Å². The molecule has 0 atom stereocenters. The Morgan fingerprint density at radius 2 is 1.57 bits per heavy atom. The fourth-order valence-electron chi connectivity index (χ4n) is 2.45. The highest BCUT2D eigenvalue weighted by atomic mass is 79.9. The highest BCUT2D eigenvalue weighted by Crippen LogP contribution is 2.36. The van der Waals surface area contributed by atoms with Gasteiger partial charge in [0.25, 0.3) is 0 Å². The topological polar surface area (TPSA) is 0 Å². The predicted molar refractivity (Wildman–Crippen MR) is 63.8 cm³/mol. The van der Waals surface area contributed by atoms with Gasteiger partial charge in [0.1, 0.15) is 0 Å². The van der Waals surface area contributed by atoms with Gasteiger partial charge in [0.15, 0.2) is 0 Å². The van der Waals surface area contributed by atoms with Crippen LogP contribution in [-0.4, -0.2) is 0 Å². The molecule has 0 saturated carbocycles. The van der Waals surface area contributed by atoms with Crippen LogP contribution in [0.25, 0.3) is 10.8 Å².